The van der Waals surface area contributed by atoms with Crippen LogP contribution >= 0.6 is 11.3 Å². The van der Waals surface area contributed by atoms with E-state index in [1.54, 1.807) is 28.4 Å². The first-order valence-corrected chi connectivity index (χ1v) is 9.46. The maximum Gasteiger partial charge on any atom is 0.258 e. The smallest absolute Gasteiger partial charge is 0.258 e. The highest BCUT2D eigenvalue weighted by Crippen LogP contribution is 2.24. The minimum Gasteiger partial charge on any atom is -0.322 e. The molecule has 2 aromatic heterocycles. The molecule has 0 aliphatic rings. The van der Waals surface area contributed by atoms with Gasteiger partial charge in [0.25, 0.3) is 5.91 Å². The predicted octanol–water partition coefficient (Wildman–Crippen LogP) is 4.62. The Kier molecular flexibility index (Phi) is 4.80. The molecule has 2 aromatic carbocycles. The number of hydrogen-bond donors (Lipinski definition) is 1. The van der Waals surface area contributed by atoms with Crippen molar-refractivity contribution in [2.75, 3.05) is 5.32 Å². The summed E-state index contributed by atoms with van der Waals surface area (Å²) in [5.41, 5.74) is 4.31. The summed E-state index contributed by atoms with van der Waals surface area (Å²) in [5.74, 6) is -0.180. The zero-order valence-corrected chi connectivity index (χ0v) is 15.6. The van der Waals surface area contributed by atoms with Gasteiger partial charge in [-0.2, -0.15) is 5.10 Å². The van der Waals surface area contributed by atoms with Crippen molar-refractivity contribution in [2.45, 2.75) is 13.5 Å². The van der Waals surface area contributed by atoms with Crippen molar-refractivity contribution in [3.05, 3.63) is 88.5 Å². The lowest BCUT2D eigenvalue weighted by Gasteiger charge is -2.05. The second-order valence-electron chi connectivity index (χ2n) is 6.20. The van der Waals surface area contributed by atoms with Gasteiger partial charge in [-0.05, 0) is 24.6 Å². The highest BCUT2D eigenvalue weighted by molar-refractivity contribution is 7.09. The lowest BCUT2D eigenvalue weighted by atomic mass is 10.1. The molecule has 0 bridgehead atoms. The molecule has 27 heavy (non-hydrogen) atoms. The average Bonchev–Trinajstić information content (AvgIpc) is 3.32. The van der Waals surface area contributed by atoms with Crippen LogP contribution < -0.4 is 5.32 Å². The normalized spacial score (nSPS) is 10.7. The van der Waals surface area contributed by atoms with E-state index in [9.17, 15) is 4.79 Å². The Balaban J connectivity index is 1.46. The molecule has 4 rings (SSSR count). The molecule has 0 aliphatic carbocycles. The maximum absolute atomic E-state index is 12.6. The molecule has 0 saturated heterocycles. The monoisotopic (exact) mass is 374 g/mol. The topological polar surface area (TPSA) is 59.8 Å². The van der Waals surface area contributed by atoms with Gasteiger partial charge in [0.1, 0.15) is 0 Å². The van der Waals surface area contributed by atoms with Crippen LogP contribution in [0.3, 0.4) is 0 Å². The molecular weight excluding hydrogens is 356 g/mol. The highest BCUT2D eigenvalue weighted by Gasteiger charge is 2.10. The first kappa shape index (κ1) is 17.2. The minimum absolute atomic E-state index is 0.180. The van der Waals surface area contributed by atoms with Gasteiger partial charge in [-0.15, -0.1) is 11.3 Å². The van der Waals surface area contributed by atoms with Crippen molar-refractivity contribution in [2.24, 2.45) is 0 Å². The zero-order valence-electron chi connectivity index (χ0n) is 14.8. The maximum atomic E-state index is 12.6. The Morgan fingerprint density at radius 2 is 2.00 bits per heavy atom. The van der Waals surface area contributed by atoms with Gasteiger partial charge in [0, 0.05) is 22.8 Å². The van der Waals surface area contributed by atoms with Gasteiger partial charge in [-0.3, -0.25) is 9.48 Å². The van der Waals surface area contributed by atoms with Crippen LogP contribution in [-0.4, -0.2) is 20.7 Å². The van der Waals surface area contributed by atoms with Gasteiger partial charge in [0.2, 0.25) is 0 Å². The summed E-state index contributed by atoms with van der Waals surface area (Å²) in [6, 6.07) is 17.7. The second-order valence-corrected chi connectivity index (χ2v) is 7.26. The molecule has 0 fully saturated rings. The number of aromatic nitrogens is 3. The standard InChI is InChI=1S/C21H18N4OS/c1-15-23-20(14-27-15)17-8-5-9-19(10-17)24-21(26)18-11-22-25(13-18)12-16-6-3-2-4-7-16/h2-11,13-14H,12H2,1H3,(H,24,26). The van der Waals surface area contributed by atoms with E-state index in [1.807, 2.05) is 66.9 Å². The molecular formula is C21H18N4OS. The first-order valence-electron chi connectivity index (χ1n) is 8.58. The van der Waals surface area contributed by atoms with Crippen molar-refractivity contribution in [3.63, 3.8) is 0 Å². The van der Waals surface area contributed by atoms with Crippen molar-refractivity contribution in [1.82, 2.24) is 14.8 Å². The first-order chi connectivity index (χ1) is 13.2. The third kappa shape index (κ3) is 4.12. The average molecular weight is 374 g/mol. The number of hydrogen-bond acceptors (Lipinski definition) is 4. The summed E-state index contributed by atoms with van der Waals surface area (Å²) >= 11 is 1.61. The van der Waals surface area contributed by atoms with E-state index in [-0.39, 0.29) is 5.91 Å². The summed E-state index contributed by atoms with van der Waals surface area (Å²) in [7, 11) is 0. The quantitative estimate of drug-likeness (QED) is 0.555. The number of carbonyl (C=O) groups excluding carboxylic acids is 1. The molecule has 0 saturated carbocycles. The molecule has 1 amide bonds. The number of amides is 1. The highest BCUT2D eigenvalue weighted by atomic mass is 32.1. The Morgan fingerprint density at radius 1 is 1.15 bits per heavy atom. The summed E-state index contributed by atoms with van der Waals surface area (Å²) < 4.78 is 1.76. The summed E-state index contributed by atoms with van der Waals surface area (Å²) in [6.07, 6.45) is 3.35. The molecule has 0 radical (unpaired) electrons. The van der Waals surface area contributed by atoms with Crippen molar-refractivity contribution < 1.29 is 4.79 Å². The van der Waals surface area contributed by atoms with Crippen LogP contribution in [0.4, 0.5) is 5.69 Å². The SMILES string of the molecule is Cc1nc(-c2cccc(NC(=O)c3cnn(Cc4ccccc4)c3)c2)cs1. The van der Waals surface area contributed by atoms with Crippen LogP contribution in [0.2, 0.25) is 0 Å². The summed E-state index contributed by atoms with van der Waals surface area (Å²) in [4.78, 5) is 17.0. The predicted molar refractivity (Wildman–Crippen MR) is 108 cm³/mol. The number of rotatable bonds is 5. The van der Waals surface area contributed by atoms with Crippen molar-refractivity contribution >= 4 is 22.9 Å². The molecule has 5 nitrogen and oxygen atoms in total. The Morgan fingerprint density at radius 3 is 2.78 bits per heavy atom. The number of nitrogens with one attached hydrogen (secondary N) is 1. The molecule has 1 N–H and O–H groups in total. The van der Waals surface area contributed by atoms with Gasteiger partial charge in [-0.25, -0.2) is 4.98 Å². The molecule has 6 heteroatoms. The Bertz CT molecular complexity index is 1070. The van der Waals surface area contributed by atoms with Crippen LogP contribution in [0, 0.1) is 6.92 Å². The second kappa shape index (κ2) is 7.55. The fourth-order valence-corrected chi connectivity index (χ4v) is 3.42. The van der Waals surface area contributed by atoms with E-state index in [0.717, 1.165) is 27.5 Å². The van der Waals surface area contributed by atoms with E-state index in [4.69, 9.17) is 0 Å². The van der Waals surface area contributed by atoms with Gasteiger partial charge in [-0.1, -0.05) is 42.5 Å². The largest absolute Gasteiger partial charge is 0.322 e. The molecule has 4 aromatic rings. The zero-order chi connectivity index (χ0) is 18.6. The number of aryl methyl sites for hydroxylation is 1. The van der Waals surface area contributed by atoms with Gasteiger partial charge >= 0.3 is 0 Å². The number of carbonyl (C=O) groups is 1. The third-order valence-corrected chi connectivity index (χ3v) is 4.89. The minimum atomic E-state index is -0.180. The van der Waals surface area contributed by atoms with Crippen molar-refractivity contribution in [3.8, 4) is 11.3 Å². The number of nitrogens with zero attached hydrogens (tertiary/aromatic N) is 3. The molecule has 0 spiro atoms. The molecule has 2 heterocycles. The van der Waals surface area contributed by atoms with E-state index in [0.29, 0.717) is 12.1 Å². The van der Waals surface area contributed by atoms with Crippen LogP contribution in [0.25, 0.3) is 11.3 Å². The van der Waals surface area contributed by atoms with E-state index in [2.05, 4.69) is 15.4 Å². The van der Waals surface area contributed by atoms with E-state index >= 15 is 0 Å². The lowest BCUT2D eigenvalue weighted by molar-refractivity contribution is 0.102. The van der Waals surface area contributed by atoms with Crippen LogP contribution in [0.15, 0.2) is 72.4 Å². The summed E-state index contributed by atoms with van der Waals surface area (Å²) in [5, 5.41) is 10.3. The molecule has 0 unspecified atom stereocenters. The number of benzene rings is 2. The Labute approximate surface area is 161 Å². The molecule has 134 valence electrons. The number of thiazole rings is 1. The van der Waals surface area contributed by atoms with Crippen LogP contribution in [0.1, 0.15) is 20.9 Å². The fourth-order valence-electron chi connectivity index (χ4n) is 2.79. The van der Waals surface area contributed by atoms with E-state index in [1.165, 1.54) is 0 Å². The number of anilines is 1. The van der Waals surface area contributed by atoms with Gasteiger partial charge < -0.3 is 5.32 Å². The van der Waals surface area contributed by atoms with Crippen LogP contribution in [-0.2, 0) is 6.54 Å². The molecule has 0 atom stereocenters. The Hall–Kier alpha value is -3.25. The van der Waals surface area contributed by atoms with Crippen molar-refractivity contribution in [1.29, 1.82) is 0 Å². The summed E-state index contributed by atoms with van der Waals surface area (Å²) in [6.45, 7) is 2.61. The molecule has 0 aliphatic heterocycles. The fraction of sp³-hybridized carbons (Fsp3) is 0.0952. The van der Waals surface area contributed by atoms with Gasteiger partial charge in [0.05, 0.1) is 29.0 Å². The lowest BCUT2D eigenvalue weighted by Crippen LogP contribution is -2.11. The van der Waals surface area contributed by atoms with E-state index < -0.39 is 0 Å². The van der Waals surface area contributed by atoms with Crippen LogP contribution in [0.5, 0.6) is 0 Å². The van der Waals surface area contributed by atoms with Gasteiger partial charge in [0.15, 0.2) is 0 Å². The third-order valence-electron chi connectivity index (χ3n) is 4.12.